The van der Waals surface area contributed by atoms with E-state index in [1.54, 1.807) is 6.07 Å². The number of likely N-dealkylation sites (tertiary alicyclic amines) is 1. The van der Waals surface area contributed by atoms with Gasteiger partial charge in [0.05, 0.1) is 18.8 Å². The van der Waals surface area contributed by atoms with Gasteiger partial charge in [0.2, 0.25) is 0 Å². The fourth-order valence-corrected chi connectivity index (χ4v) is 5.33. The quantitative estimate of drug-likeness (QED) is 0.763. The monoisotopic (exact) mass is 410 g/mol. The molecule has 0 aliphatic carbocycles. The molecule has 4 heterocycles. The number of hydrogen-bond donors (Lipinski definition) is 0. The van der Waals surface area contributed by atoms with E-state index in [1.165, 1.54) is 0 Å². The van der Waals surface area contributed by atoms with Gasteiger partial charge in [-0.05, 0) is 36.5 Å². The highest BCUT2D eigenvalue weighted by Crippen LogP contribution is 2.41. The van der Waals surface area contributed by atoms with E-state index in [0.29, 0.717) is 16.7 Å². The molecule has 27 heavy (non-hydrogen) atoms. The number of benzene rings is 1. The van der Waals surface area contributed by atoms with Crippen LogP contribution in [0, 0.1) is 5.92 Å². The molecule has 8 heteroatoms. The first-order chi connectivity index (χ1) is 13.2. The van der Waals surface area contributed by atoms with Gasteiger partial charge in [-0.2, -0.15) is 5.11 Å². The van der Waals surface area contributed by atoms with E-state index in [0.717, 1.165) is 57.2 Å². The van der Waals surface area contributed by atoms with E-state index in [9.17, 15) is 0 Å². The van der Waals surface area contributed by atoms with Crippen LogP contribution in [0.5, 0.6) is 0 Å². The molecule has 5 rings (SSSR count). The van der Waals surface area contributed by atoms with Gasteiger partial charge in [0.25, 0.3) is 0 Å². The Morgan fingerprint density at radius 3 is 2.78 bits per heavy atom. The third-order valence-electron chi connectivity index (χ3n) is 6.26. The molecule has 0 amide bonds. The molecule has 146 valence electrons. The van der Waals surface area contributed by atoms with Crippen molar-refractivity contribution >= 4 is 23.2 Å². The fourth-order valence-electron chi connectivity index (χ4n) is 4.81. The molecular weight excluding hydrogens is 387 g/mol. The molecule has 2 unspecified atom stereocenters. The minimum Gasteiger partial charge on any atom is -0.381 e. The Bertz CT molecular complexity index is 728. The van der Waals surface area contributed by atoms with Gasteiger partial charge in [0, 0.05) is 42.9 Å². The van der Waals surface area contributed by atoms with E-state index < -0.39 is 0 Å². The number of ether oxygens (including phenoxy) is 2. The Kier molecular flexibility index (Phi) is 5.03. The summed E-state index contributed by atoms with van der Waals surface area (Å²) in [6.07, 6.45) is 2.53. The van der Waals surface area contributed by atoms with Crippen LogP contribution >= 0.6 is 23.2 Å². The summed E-state index contributed by atoms with van der Waals surface area (Å²) in [5, 5.41) is 12.5. The van der Waals surface area contributed by atoms with Crippen molar-refractivity contribution in [3.8, 4) is 0 Å². The number of fused-ring (bicyclic) bond motifs is 3. The fraction of sp³-hybridized carbons (Fsp3) is 0.684. The van der Waals surface area contributed by atoms with E-state index in [1.807, 2.05) is 12.1 Å². The van der Waals surface area contributed by atoms with Crippen molar-refractivity contribution in [2.45, 2.75) is 37.1 Å². The summed E-state index contributed by atoms with van der Waals surface area (Å²) in [4.78, 5) is 2.53. The highest BCUT2D eigenvalue weighted by molar-refractivity contribution is 6.35. The van der Waals surface area contributed by atoms with Crippen LogP contribution in [0.15, 0.2) is 28.5 Å². The van der Waals surface area contributed by atoms with Gasteiger partial charge in [-0.1, -0.05) is 34.5 Å². The van der Waals surface area contributed by atoms with Crippen LogP contribution in [-0.4, -0.2) is 67.6 Å². The average molecular weight is 411 g/mol. The van der Waals surface area contributed by atoms with Crippen LogP contribution in [0.2, 0.25) is 10.0 Å². The van der Waals surface area contributed by atoms with Gasteiger partial charge in [0.15, 0.2) is 0 Å². The summed E-state index contributed by atoms with van der Waals surface area (Å²) in [7, 11) is 0. The summed E-state index contributed by atoms with van der Waals surface area (Å²) < 4.78 is 11.7. The van der Waals surface area contributed by atoms with Crippen molar-refractivity contribution in [3.63, 3.8) is 0 Å². The molecule has 3 fully saturated rings. The number of hydrogen-bond acceptors (Lipinski definition) is 6. The van der Waals surface area contributed by atoms with Crippen LogP contribution < -0.4 is 0 Å². The second-order valence-electron chi connectivity index (χ2n) is 7.98. The molecule has 4 aliphatic heterocycles. The van der Waals surface area contributed by atoms with Crippen LogP contribution in [0.3, 0.4) is 0 Å². The molecular formula is C19H24Cl2N4O2. The Balaban J connectivity index is 1.28. The lowest BCUT2D eigenvalue weighted by Crippen LogP contribution is -2.53. The lowest BCUT2D eigenvalue weighted by Gasteiger charge is -2.38. The molecule has 0 bridgehead atoms. The van der Waals surface area contributed by atoms with Gasteiger partial charge in [0.1, 0.15) is 12.1 Å². The van der Waals surface area contributed by atoms with Gasteiger partial charge in [-0.25, -0.2) is 0 Å². The standard InChI is InChI=1S/C19H24Cl2N4O2/c20-13-1-2-14(15(21)7-13)19-17-11-27-18-10-24(8-12-3-5-26-6-4-12)9-16(18)25(17)23-22-19/h1-2,7,12,16-19H,3-6,8-11H2/t16-,17?,18-,19?/m1/s1. The molecule has 3 saturated heterocycles. The maximum Gasteiger partial charge on any atom is 0.124 e. The van der Waals surface area contributed by atoms with E-state index in [-0.39, 0.29) is 24.2 Å². The molecule has 0 aromatic heterocycles. The highest BCUT2D eigenvalue weighted by atomic mass is 35.5. The first-order valence-electron chi connectivity index (χ1n) is 9.75. The Morgan fingerprint density at radius 2 is 1.96 bits per heavy atom. The summed E-state index contributed by atoms with van der Waals surface area (Å²) in [6.45, 7) is 5.51. The van der Waals surface area contributed by atoms with Crippen LogP contribution in [-0.2, 0) is 9.47 Å². The molecule has 0 spiro atoms. The van der Waals surface area contributed by atoms with Crippen molar-refractivity contribution in [1.82, 2.24) is 9.91 Å². The van der Waals surface area contributed by atoms with E-state index in [2.05, 4.69) is 20.2 Å². The number of morpholine rings is 1. The molecule has 0 saturated carbocycles. The summed E-state index contributed by atoms with van der Waals surface area (Å²) >= 11 is 12.5. The van der Waals surface area contributed by atoms with Gasteiger partial charge in [-0.15, -0.1) is 0 Å². The molecule has 4 aliphatic rings. The maximum atomic E-state index is 6.42. The zero-order valence-corrected chi connectivity index (χ0v) is 16.6. The van der Waals surface area contributed by atoms with Crippen LogP contribution in [0.4, 0.5) is 0 Å². The van der Waals surface area contributed by atoms with Crippen molar-refractivity contribution < 1.29 is 9.47 Å². The van der Waals surface area contributed by atoms with Crippen LogP contribution in [0.1, 0.15) is 24.4 Å². The summed E-state index contributed by atoms with van der Waals surface area (Å²) in [6, 6.07) is 5.86. The lowest BCUT2D eigenvalue weighted by molar-refractivity contribution is -0.0771. The van der Waals surface area contributed by atoms with Gasteiger partial charge in [-0.3, -0.25) is 9.91 Å². The minimum atomic E-state index is -0.0970. The third kappa shape index (κ3) is 3.47. The predicted molar refractivity (Wildman–Crippen MR) is 103 cm³/mol. The predicted octanol–water partition coefficient (Wildman–Crippen LogP) is 3.60. The molecule has 0 N–H and O–H groups in total. The summed E-state index contributed by atoms with van der Waals surface area (Å²) in [5.41, 5.74) is 0.969. The summed E-state index contributed by atoms with van der Waals surface area (Å²) in [5.74, 6) is 0.732. The zero-order chi connectivity index (χ0) is 18.4. The first kappa shape index (κ1) is 18.1. The molecule has 1 aromatic carbocycles. The van der Waals surface area contributed by atoms with Crippen LogP contribution in [0.25, 0.3) is 0 Å². The largest absolute Gasteiger partial charge is 0.381 e. The highest BCUT2D eigenvalue weighted by Gasteiger charge is 2.49. The second kappa shape index (κ2) is 7.48. The number of rotatable bonds is 3. The maximum absolute atomic E-state index is 6.42. The Hall–Kier alpha value is -0.920. The second-order valence-corrected chi connectivity index (χ2v) is 8.82. The number of halogens is 2. The minimum absolute atomic E-state index is 0.0970. The molecule has 4 atom stereocenters. The van der Waals surface area contributed by atoms with Gasteiger partial charge < -0.3 is 9.47 Å². The zero-order valence-electron chi connectivity index (χ0n) is 15.1. The lowest BCUT2D eigenvalue weighted by atomic mass is 9.97. The normalized spacial score (nSPS) is 34.1. The van der Waals surface area contributed by atoms with Gasteiger partial charge >= 0.3 is 0 Å². The first-order valence-corrected chi connectivity index (χ1v) is 10.5. The Morgan fingerprint density at radius 1 is 1.11 bits per heavy atom. The Labute approximate surface area is 169 Å². The average Bonchev–Trinajstić information content (AvgIpc) is 3.26. The molecule has 1 aromatic rings. The SMILES string of the molecule is Clc1ccc(C2N=NN3C2CO[C@@H]2CN(CC4CCOCC4)C[C@H]23)c(Cl)c1. The smallest absolute Gasteiger partial charge is 0.124 e. The van der Waals surface area contributed by atoms with Crippen molar-refractivity contribution in [3.05, 3.63) is 33.8 Å². The molecule has 6 nitrogen and oxygen atoms in total. The van der Waals surface area contributed by atoms with E-state index in [4.69, 9.17) is 32.7 Å². The van der Waals surface area contributed by atoms with Crippen molar-refractivity contribution in [2.75, 3.05) is 39.5 Å². The van der Waals surface area contributed by atoms with E-state index >= 15 is 0 Å². The van der Waals surface area contributed by atoms with Crippen molar-refractivity contribution in [2.24, 2.45) is 16.3 Å². The number of nitrogens with zero attached hydrogens (tertiary/aromatic N) is 4. The molecule has 0 radical (unpaired) electrons. The third-order valence-corrected chi connectivity index (χ3v) is 6.82. The van der Waals surface area contributed by atoms with Crippen molar-refractivity contribution in [1.29, 1.82) is 0 Å². The topological polar surface area (TPSA) is 49.7 Å².